The fraction of sp³-hybridized carbons (Fsp3) is 0.235. The summed E-state index contributed by atoms with van der Waals surface area (Å²) in [4.78, 5) is 12.7. The molecule has 0 radical (unpaired) electrons. The molecule has 1 aromatic carbocycles. The fourth-order valence-corrected chi connectivity index (χ4v) is 4.90. The number of carbonyl (C=O) groups excluding carboxylic acids is 1. The van der Waals surface area contributed by atoms with Gasteiger partial charge in [-0.25, -0.2) is 0 Å². The number of carbonyl (C=O) groups is 1. The number of aromatic nitrogens is 3. The molecule has 5 nitrogen and oxygen atoms in total. The second-order valence-corrected chi connectivity index (χ2v) is 8.48. The van der Waals surface area contributed by atoms with E-state index in [1.165, 1.54) is 35.1 Å². The highest BCUT2D eigenvalue weighted by Crippen LogP contribution is 2.33. The molecule has 0 saturated carbocycles. The molecule has 0 atom stereocenters. The van der Waals surface area contributed by atoms with Crippen LogP contribution in [0.4, 0.5) is 5.82 Å². The van der Waals surface area contributed by atoms with Crippen LogP contribution < -0.4 is 5.32 Å². The maximum atomic E-state index is 12.7. The summed E-state index contributed by atoms with van der Waals surface area (Å²) < 4.78 is 7.07. The summed E-state index contributed by atoms with van der Waals surface area (Å²) in [5, 5.41) is 8.83. The Morgan fingerprint density at radius 3 is 2.77 bits per heavy atom. The maximum absolute atomic E-state index is 12.7. The lowest BCUT2D eigenvalue weighted by Gasteiger charge is -2.06. The van der Waals surface area contributed by atoms with Crippen LogP contribution in [0, 0.1) is 6.92 Å². The summed E-state index contributed by atoms with van der Waals surface area (Å²) >= 11 is 10.6. The van der Waals surface area contributed by atoms with Gasteiger partial charge in [-0.05, 0) is 42.6 Å². The zero-order valence-corrected chi connectivity index (χ0v) is 17.7. The van der Waals surface area contributed by atoms with E-state index < -0.39 is 0 Å². The first-order chi connectivity index (χ1) is 12.5. The van der Waals surface area contributed by atoms with Crippen molar-refractivity contribution in [3.05, 3.63) is 52.2 Å². The van der Waals surface area contributed by atoms with Crippen molar-refractivity contribution in [2.24, 2.45) is 0 Å². The highest BCUT2D eigenvalue weighted by atomic mass is 35.5. The molecule has 0 bridgehead atoms. The van der Waals surface area contributed by atoms with Gasteiger partial charge in [0.15, 0.2) is 5.82 Å². The first-order valence-corrected chi connectivity index (χ1v) is 11.3. The van der Waals surface area contributed by atoms with Gasteiger partial charge in [-0.1, -0.05) is 29.8 Å². The average molecular weight is 425 g/mol. The van der Waals surface area contributed by atoms with Crippen LogP contribution in [-0.2, 0) is 6.54 Å². The molecule has 2 aromatic heterocycles. The number of nitrogens with zero attached hydrogens (tertiary/aromatic N) is 3. The smallest absolute Gasteiger partial charge is 0.261 e. The number of halogens is 1. The molecule has 3 aromatic rings. The minimum Gasteiger partial charge on any atom is -0.305 e. The number of hydrogen-bond acceptors (Lipinski definition) is 6. The Labute approximate surface area is 169 Å². The Kier molecular flexibility index (Phi) is 6.29. The van der Waals surface area contributed by atoms with Crippen molar-refractivity contribution in [1.82, 2.24) is 14.2 Å². The molecular weight excluding hydrogens is 408 g/mol. The van der Waals surface area contributed by atoms with Crippen molar-refractivity contribution >= 4 is 58.4 Å². The Hall–Kier alpha value is -1.48. The van der Waals surface area contributed by atoms with E-state index in [9.17, 15) is 4.79 Å². The van der Waals surface area contributed by atoms with Gasteiger partial charge in [0.2, 0.25) is 0 Å². The minimum absolute atomic E-state index is 0.185. The predicted molar refractivity (Wildman–Crippen MR) is 111 cm³/mol. The van der Waals surface area contributed by atoms with Crippen LogP contribution in [0.1, 0.15) is 21.6 Å². The van der Waals surface area contributed by atoms with Gasteiger partial charge in [0.1, 0.15) is 5.03 Å². The summed E-state index contributed by atoms with van der Waals surface area (Å²) in [5.74, 6) is 0.333. The molecule has 0 aliphatic heterocycles. The molecule has 2 heterocycles. The zero-order chi connectivity index (χ0) is 18.7. The van der Waals surface area contributed by atoms with Gasteiger partial charge in [-0.2, -0.15) is 9.47 Å². The topological polar surface area (TPSA) is 59.8 Å². The molecule has 0 unspecified atom stereocenters. The van der Waals surface area contributed by atoms with E-state index in [2.05, 4.69) is 14.8 Å². The molecule has 3 rings (SSSR count). The van der Waals surface area contributed by atoms with E-state index in [4.69, 9.17) is 11.6 Å². The number of anilines is 1. The van der Waals surface area contributed by atoms with Crippen LogP contribution in [0.3, 0.4) is 0 Å². The molecule has 0 aliphatic rings. The Balaban J connectivity index is 1.80. The molecule has 136 valence electrons. The summed E-state index contributed by atoms with van der Waals surface area (Å²) in [6, 6.07) is 9.52. The van der Waals surface area contributed by atoms with Crippen molar-refractivity contribution < 1.29 is 4.79 Å². The summed E-state index contributed by atoms with van der Waals surface area (Å²) in [6.45, 7) is 2.50. The van der Waals surface area contributed by atoms with Crippen molar-refractivity contribution in [2.45, 2.75) is 22.7 Å². The average Bonchev–Trinajstić information content (AvgIpc) is 3.20. The second-order valence-electron chi connectivity index (χ2n) is 5.43. The Bertz CT molecular complexity index is 916. The molecule has 0 aliphatic carbocycles. The Morgan fingerprint density at radius 2 is 2.08 bits per heavy atom. The lowest BCUT2D eigenvalue weighted by molar-refractivity contribution is 0.102. The van der Waals surface area contributed by atoms with Crippen LogP contribution >= 0.6 is 46.7 Å². The summed E-state index contributed by atoms with van der Waals surface area (Å²) in [6.07, 6.45) is 3.86. The number of nitrogens with one attached hydrogen (secondary N) is 1. The van der Waals surface area contributed by atoms with E-state index in [0.29, 0.717) is 22.9 Å². The zero-order valence-electron chi connectivity index (χ0n) is 14.4. The molecule has 9 heteroatoms. The Morgan fingerprint density at radius 1 is 1.31 bits per heavy atom. The van der Waals surface area contributed by atoms with Gasteiger partial charge < -0.3 is 5.32 Å². The van der Waals surface area contributed by atoms with Crippen molar-refractivity contribution in [3.63, 3.8) is 0 Å². The number of amides is 1. The lowest BCUT2D eigenvalue weighted by Crippen LogP contribution is -2.14. The fourth-order valence-electron chi connectivity index (χ4n) is 2.43. The van der Waals surface area contributed by atoms with Crippen molar-refractivity contribution in [3.8, 4) is 0 Å². The number of rotatable bonds is 6. The van der Waals surface area contributed by atoms with E-state index in [1.807, 2.05) is 54.4 Å². The highest BCUT2D eigenvalue weighted by Gasteiger charge is 2.21. The van der Waals surface area contributed by atoms with E-state index >= 15 is 0 Å². The van der Waals surface area contributed by atoms with Crippen LogP contribution in [0.25, 0.3) is 0 Å². The maximum Gasteiger partial charge on any atom is 0.261 e. The third-order valence-electron chi connectivity index (χ3n) is 3.74. The second kappa shape index (κ2) is 8.47. The van der Waals surface area contributed by atoms with Gasteiger partial charge in [0, 0.05) is 16.8 Å². The van der Waals surface area contributed by atoms with Gasteiger partial charge in [0.05, 0.1) is 16.3 Å². The first-order valence-electron chi connectivity index (χ1n) is 7.70. The normalized spacial score (nSPS) is 10.9. The first kappa shape index (κ1) is 19.3. The number of thioether (sulfide) groups is 2. The van der Waals surface area contributed by atoms with Crippen molar-refractivity contribution in [1.29, 1.82) is 0 Å². The predicted octanol–water partition coefficient (Wildman–Crippen LogP) is 5.05. The molecular formula is C17H17ClN4OS3. The van der Waals surface area contributed by atoms with E-state index in [0.717, 1.165) is 20.5 Å². The van der Waals surface area contributed by atoms with Gasteiger partial charge in [0.25, 0.3) is 5.91 Å². The molecule has 1 N–H and O–H groups in total. The molecule has 0 fully saturated rings. The molecule has 26 heavy (non-hydrogen) atoms. The number of hydrogen-bond donors (Lipinski definition) is 1. The van der Waals surface area contributed by atoms with Gasteiger partial charge in [-0.15, -0.1) is 23.5 Å². The standard InChI is InChI=1S/C17H17ClN4OS3/c1-10-8-13(20-22(10)9-11-6-4-5-7-12(11)18)19-15(23)14-16(24-2)21-26-17(14)25-3/h4-8H,9H2,1-3H3,(H,19,20,23). The van der Waals surface area contributed by atoms with Crippen LogP contribution in [0.2, 0.25) is 5.02 Å². The highest BCUT2D eigenvalue weighted by molar-refractivity contribution is 8.01. The van der Waals surface area contributed by atoms with E-state index in [1.54, 1.807) is 0 Å². The van der Waals surface area contributed by atoms with Crippen LogP contribution in [-0.4, -0.2) is 32.6 Å². The SMILES string of the molecule is CSc1nsc(SC)c1C(=O)Nc1cc(C)n(Cc2ccccc2Cl)n1. The molecule has 0 spiro atoms. The summed E-state index contributed by atoms with van der Waals surface area (Å²) in [7, 11) is 0. The van der Waals surface area contributed by atoms with Crippen molar-refractivity contribution in [2.75, 3.05) is 17.8 Å². The molecule has 0 saturated heterocycles. The van der Waals surface area contributed by atoms with Gasteiger partial charge >= 0.3 is 0 Å². The number of aryl methyl sites for hydroxylation is 1. The monoisotopic (exact) mass is 424 g/mol. The lowest BCUT2D eigenvalue weighted by atomic mass is 10.2. The largest absolute Gasteiger partial charge is 0.305 e. The third-order valence-corrected chi connectivity index (χ3v) is 6.84. The minimum atomic E-state index is -0.185. The van der Waals surface area contributed by atoms with Crippen LogP contribution in [0.5, 0.6) is 0 Å². The quantitative estimate of drug-likeness (QED) is 0.561. The number of benzene rings is 1. The summed E-state index contributed by atoms with van der Waals surface area (Å²) in [5.41, 5.74) is 2.54. The van der Waals surface area contributed by atoms with Crippen LogP contribution in [0.15, 0.2) is 39.6 Å². The van der Waals surface area contributed by atoms with E-state index in [-0.39, 0.29) is 5.91 Å². The van der Waals surface area contributed by atoms with Gasteiger partial charge in [-0.3, -0.25) is 9.48 Å². The third kappa shape index (κ3) is 4.09. The molecule has 1 amide bonds.